The van der Waals surface area contributed by atoms with Crippen LogP contribution in [0.2, 0.25) is 5.02 Å². The van der Waals surface area contributed by atoms with Crippen molar-refractivity contribution < 1.29 is 23.2 Å². The van der Waals surface area contributed by atoms with Crippen molar-refractivity contribution in [1.82, 2.24) is 10.5 Å². The van der Waals surface area contributed by atoms with E-state index in [2.05, 4.69) is 15.8 Å². The zero-order chi connectivity index (χ0) is 25.1. The van der Waals surface area contributed by atoms with Crippen LogP contribution in [0, 0.1) is 30.8 Å². The van der Waals surface area contributed by atoms with E-state index >= 15 is 4.39 Å². The Kier molecular flexibility index (Phi) is 7.35. The summed E-state index contributed by atoms with van der Waals surface area (Å²) in [6.45, 7) is 3.20. The predicted molar refractivity (Wildman–Crippen MR) is 128 cm³/mol. The van der Waals surface area contributed by atoms with Gasteiger partial charge in [0.05, 0.1) is 16.3 Å². The van der Waals surface area contributed by atoms with Crippen molar-refractivity contribution in [3.05, 3.63) is 69.7 Å². The summed E-state index contributed by atoms with van der Waals surface area (Å²) in [6.07, 6.45) is 7.13. The van der Waals surface area contributed by atoms with E-state index in [1.807, 2.05) is 0 Å². The van der Waals surface area contributed by atoms with Crippen molar-refractivity contribution >= 4 is 29.1 Å². The number of hydrogen-bond donors (Lipinski definition) is 2. The fraction of sp³-hybridized carbons (Fsp3) is 0.360. The highest BCUT2D eigenvalue weighted by Crippen LogP contribution is 2.33. The van der Waals surface area contributed by atoms with Crippen LogP contribution < -0.4 is 15.4 Å². The molecule has 0 saturated heterocycles. The van der Waals surface area contributed by atoms with Gasteiger partial charge in [0.25, 0.3) is 5.91 Å². The maximum Gasteiger partial charge on any atom is 0.257 e. The van der Waals surface area contributed by atoms with Crippen LogP contribution in [0.4, 0.5) is 10.1 Å². The zero-order valence-corrected chi connectivity index (χ0v) is 20.2. The molecular formula is C25H26ClFN4O4. The molecule has 1 atom stereocenters. The molecule has 0 aliphatic heterocycles. The fourth-order valence-electron chi connectivity index (χ4n) is 4.54. The van der Waals surface area contributed by atoms with Gasteiger partial charge >= 0.3 is 0 Å². The van der Waals surface area contributed by atoms with E-state index in [1.165, 1.54) is 36.7 Å². The molecule has 1 saturated carbocycles. The van der Waals surface area contributed by atoms with E-state index < -0.39 is 23.7 Å². The van der Waals surface area contributed by atoms with Gasteiger partial charge in [-0.2, -0.15) is 4.73 Å². The monoisotopic (exact) mass is 500 g/mol. The number of carbonyl (C=O) groups is 2. The summed E-state index contributed by atoms with van der Waals surface area (Å²) in [5, 5.41) is 21.5. The van der Waals surface area contributed by atoms with E-state index in [0.717, 1.165) is 32.1 Å². The van der Waals surface area contributed by atoms with Gasteiger partial charge in [-0.25, -0.2) is 4.39 Å². The minimum Gasteiger partial charge on any atom is -0.618 e. The molecule has 2 N–H and O–H groups in total. The van der Waals surface area contributed by atoms with Gasteiger partial charge in [0.1, 0.15) is 23.7 Å². The number of carbonyl (C=O) groups excluding carboxylic acids is 2. The van der Waals surface area contributed by atoms with E-state index in [4.69, 9.17) is 16.1 Å². The summed E-state index contributed by atoms with van der Waals surface area (Å²) < 4.78 is 20.5. The predicted octanol–water partition coefficient (Wildman–Crippen LogP) is 4.70. The molecular weight excluding hydrogens is 475 g/mol. The Morgan fingerprint density at radius 3 is 2.63 bits per heavy atom. The fourth-order valence-corrected chi connectivity index (χ4v) is 4.84. The number of rotatable bonds is 6. The van der Waals surface area contributed by atoms with Crippen molar-refractivity contribution in [2.75, 3.05) is 5.32 Å². The van der Waals surface area contributed by atoms with Gasteiger partial charge in [-0.05, 0) is 43.9 Å². The van der Waals surface area contributed by atoms with Crippen molar-refractivity contribution in [2.45, 2.75) is 52.0 Å². The number of pyridine rings is 1. The summed E-state index contributed by atoms with van der Waals surface area (Å²) in [5.41, 5.74) is 1.62. The Labute approximate surface area is 207 Å². The number of amides is 2. The third kappa shape index (κ3) is 5.30. The van der Waals surface area contributed by atoms with Gasteiger partial charge in [-0.1, -0.05) is 36.0 Å². The Morgan fingerprint density at radius 1 is 1.23 bits per heavy atom. The summed E-state index contributed by atoms with van der Waals surface area (Å²) >= 11 is 6.22. The minimum atomic E-state index is -0.801. The number of aryl methyl sites for hydroxylation is 1. The Hall–Kier alpha value is -3.46. The molecule has 2 heterocycles. The van der Waals surface area contributed by atoms with Crippen LogP contribution in [0.5, 0.6) is 0 Å². The first-order valence-corrected chi connectivity index (χ1v) is 11.8. The van der Waals surface area contributed by atoms with Crippen molar-refractivity contribution in [3.8, 4) is 11.1 Å². The molecule has 0 spiro atoms. The SMILES string of the molecule is Cc1nocc1C(=O)N[C@H](C(=O)Nc1ccc(-c2c(Cl)cc[n+]([O-])c2C)c(F)c1)C1CCCCC1. The number of nitrogens with zero attached hydrogens (tertiary/aromatic N) is 2. The maximum atomic E-state index is 15.1. The van der Waals surface area contributed by atoms with Gasteiger partial charge in [-0.15, -0.1) is 0 Å². The van der Waals surface area contributed by atoms with Gasteiger partial charge in [0, 0.05) is 24.2 Å². The lowest BCUT2D eigenvalue weighted by Gasteiger charge is -2.30. The average Bonchev–Trinajstić information content (AvgIpc) is 3.27. The molecule has 0 radical (unpaired) electrons. The molecule has 35 heavy (non-hydrogen) atoms. The van der Waals surface area contributed by atoms with Crippen LogP contribution in [0.15, 0.2) is 41.2 Å². The zero-order valence-electron chi connectivity index (χ0n) is 19.4. The second-order valence-corrected chi connectivity index (χ2v) is 9.20. The third-order valence-electron chi connectivity index (χ3n) is 6.48. The molecule has 0 bridgehead atoms. The smallest absolute Gasteiger partial charge is 0.257 e. The van der Waals surface area contributed by atoms with Crippen LogP contribution in [0.3, 0.4) is 0 Å². The molecule has 184 valence electrons. The number of benzene rings is 1. The number of hydrogen-bond acceptors (Lipinski definition) is 5. The van der Waals surface area contributed by atoms with Crippen LogP contribution in [0.1, 0.15) is 53.8 Å². The molecule has 2 aromatic heterocycles. The quantitative estimate of drug-likeness (QED) is 0.376. The van der Waals surface area contributed by atoms with E-state index in [1.54, 1.807) is 13.8 Å². The van der Waals surface area contributed by atoms with E-state index in [9.17, 15) is 14.8 Å². The molecule has 1 aliphatic rings. The number of nitrogens with one attached hydrogen (secondary N) is 2. The second kappa shape index (κ2) is 10.4. The molecule has 10 heteroatoms. The third-order valence-corrected chi connectivity index (χ3v) is 6.79. The largest absolute Gasteiger partial charge is 0.618 e. The molecule has 1 aliphatic carbocycles. The van der Waals surface area contributed by atoms with Gasteiger partial charge in [0.2, 0.25) is 5.91 Å². The number of halogens is 2. The molecule has 0 unspecified atom stereocenters. The summed E-state index contributed by atoms with van der Waals surface area (Å²) in [4.78, 5) is 26.1. The second-order valence-electron chi connectivity index (χ2n) is 8.80. The lowest BCUT2D eigenvalue weighted by atomic mass is 9.83. The lowest BCUT2D eigenvalue weighted by Crippen LogP contribution is -2.49. The summed E-state index contributed by atoms with van der Waals surface area (Å²) in [7, 11) is 0. The van der Waals surface area contributed by atoms with Crippen LogP contribution in [-0.2, 0) is 4.79 Å². The van der Waals surface area contributed by atoms with E-state index in [0.29, 0.717) is 10.4 Å². The Bertz CT molecular complexity index is 1260. The van der Waals surface area contributed by atoms with Crippen molar-refractivity contribution in [1.29, 1.82) is 0 Å². The van der Waals surface area contributed by atoms with Crippen LogP contribution >= 0.6 is 11.6 Å². The Morgan fingerprint density at radius 2 is 1.97 bits per heavy atom. The number of anilines is 1. The highest BCUT2D eigenvalue weighted by atomic mass is 35.5. The molecule has 4 rings (SSSR count). The summed E-state index contributed by atoms with van der Waals surface area (Å²) in [6, 6.07) is 4.78. The summed E-state index contributed by atoms with van der Waals surface area (Å²) in [5.74, 6) is -1.57. The minimum absolute atomic E-state index is 0.0461. The van der Waals surface area contributed by atoms with Gasteiger partial charge in [0.15, 0.2) is 11.9 Å². The van der Waals surface area contributed by atoms with E-state index in [-0.39, 0.29) is 39.0 Å². The van der Waals surface area contributed by atoms with Gasteiger partial charge < -0.3 is 20.4 Å². The standard InChI is InChI=1S/C25H26ClFN4O4/c1-14-19(13-35-30-14)24(32)29-23(16-6-4-3-5-7-16)25(33)28-17-8-9-18(21(27)12-17)22-15(2)31(34)11-10-20(22)26/h8-13,16,23H,3-7H2,1-2H3,(H,28,33)(H,29,32)/t23-/m0/s1. The first-order chi connectivity index (χ1) is 16.8. The highest BCUT2D eigenvalue weighted by molar-refractivity contribution is 6.33. The molecule has 3 aromatic rings. The van der Waals surface area contributed by atoms with Crippen molar-refractivity contribution in [3.63, 3.8) is 0 Å². The molecule has 1 aromatic carbocycles. The maximum absolute atomic E-state index is 15.1. The number of aromatic nitrogens is 2. The van der Waals surface area contributed by atoms with Crippen LogP contribution in [0.25, 0.3) is 11.1 Å². The first-order valence-electron chi connectivity index (χ1n) is 11.5. The average molecular weight is 501 g/mol. The van der Waals surface area contributed by atoms with Gasteiger partial charge in [-0.3, -0.25) is 9.59 Å². The normalized spacial score (nSPS) is 15.0. The highest BCUT2D eigenvalue weighted by Gasteiger charge is 2.32. The molecule has 8 nitrogen and oxygen atoms in total. The Balaban J connectivity index is 1.57. The van der Waals surface area contributed by atoms with Crippen LogP contribution in [-0.4, -0.2) is 23.0 Å². The molecule has 1 fully saturated rings. The lowest BCUT2D eigenvalue weighted by molar-refractivity contribution is -0.611. The molecule has 2 amide bonds. The van der Waals surface area contributed by atoms with Crippen molar-refractivity contribution in [2.24, 2.45) is 5.92 Å². The first kappa shape index (κ1) is 24.7. The topological polar surface area (TPSA) is 111 Å².